The zero-order chi connectivity index (χ0) is 22.5. The van der Waals surface area contributed by atoms with Gasteiger partial charge < -0.3 is 20.7 Å². The van der Waals surface area contributed by atoms with E-state index >= 15 is 0 Å². The number of para-hydroxylation sites is 2. The molecule has 1 aromatic heterocycles. The minimum Gasteiger partial charge on any atom is -0.387 e. The van der Waals surface area contributed by atoms with Crippen LogP contribution in [0.15, 0.2) is 79.0 Å². The van der Waals surface area contributed by atoms with Gasteiger partial charge in [0, 0.05) is 34.9 Å². The average Bonchev–Trinajstić information content (AvgIpc) is 3.21. The lowest BCUT2D eigenvalue weighted by Gasteiger charge is -2.17. The van der Waals surface area contributed by atoms with Gasteiger partial charge >= 0.3 is 0 Å². The molecule has 0 aliphatic rings. The highest BCUT2D eigenvalue weighted by Crippen LogP contribution is 2.24. The number of benzene rings is 3. The smallest absolute Gasteiger partial charge is 0.257 e. The highest BCUT2D eigenvalue weighted by atomic mass is 35.5. The van der Waals surface area contributed by atoms with Gasteiger partial charge in [0.1, 0.15) is 0 Å². The number of hydrogen-bond acceptors (Lipinski definition) is 3. The van der Waals surface area contributed by atoms with Crippen molar-refractivity contribution >= 4 is 34.1 Å². The monoisotopic (exact) mass is 447 g/mol. The third-order valence-corrected chi connectivity index (χ3v) is 5.73. The van der Waals surface area contributed by atoms with Crippen LogP contribution in [-0.2, 0) is 6.42 Å². The van der Waals surface area contributed by atoms with Crippen molar-refractivity contribution in [3.63, 3.8) is 0 Å². The first kappa shape index (κ1) is 22.1. The van der Waals surface area contributed by atoms with E-state index in [0.717, 1.165) is 34.1 Å². The fourth-order valence-electron chi connectivity index (χ4n) is 3.84. The first-order valence-corrected chi connectivity index (χ1v) is 11.0. The zero-order valence-electron chi connectivity index (χ0n) is 17.8. The third kappa shape index (κ3) is 5.19. The molecule has 6 heteroatoms. The van der Waals surface area contributed by atoms with Crippen molar-refractivity contribution in [2.24, 2.45) is 0 Å². The van der Waals surface area contributed by atoms with Gasteiger partial charge in [-0.05, 0) is 54.8 Å². The van der Waals surface area contributed by atoms with Crippen LogP contribution in [0.5, 0.6) is 0 Å². The molecule has 0 saturated heterocycles. The Morgan fingerprint density at radius 1 is 1.06 bits per heavy atom. The molecule has 0 unspecified atom stereocenters. The van der Waals surface area contributed by atoms with Gasteiger partial charge in [-0.3, -0.25) is 4.79 Å². The zero-order valence-corrected chi connectivity index (χ0v) is 18.6. The SMILES string of the molecule is C[C@H](Cc1c[nH]c2c(C(=O)Nc3ccccc3)cccc12)NC[C@H](O)c1cccc(Cl)c1. The van der Waals surface area contributed by atoms with Crippen LogP contribution < -0.4 is 10.6 Å². The van der Waals surface area contributed by atoms with E-state index in [0.29, 0.717) is 17.1 Å². The van der Waals surface area contributed by atoms with Gasteiger partial charge in [0.05, 0.1) is 17.2 Å². The van der Waals surface area contributed by atoms with Crippen molar-refractivity contribution in [3.8, 4) is 0 Å². The number of halogens is 1. The largest absolute Gasteiger partial charge is 0.387 e. The van der Waals surface area contributed by atoms with Gasteiger partial charge in [-0.2, -0.15) is 0 Å². The number of aliphatic hydroxyl groups is 1. The lowest BCUT2D eigenvalue weighted by Crippen LogP contribution is -2.32. The second-order valence-electron chi connectivity index (χ2n) is 7.95. The summed E-state index contributed by atoms with van der Waals surface area (Å²) in [6, 6.07) is 22.6. The van der Waals surface area contributed by atoms with E-state index in [4.69, 9.17) is 11.6 Å². The van der Waals surface area contributed by atoms with Gasteiger partial charge in [0.15, 0.2) is 0 Å². The summed E-state index contributed by atoms with van der Waals surface area (Å²) in [4.78, 5) is 16.1. The standard InChI is InChI=1S/C26H26ClN3O2/c1-17(28-16-24(31)18-7-5-8-20(27)14-18)13-19-15-29-25-22(19)11-6-12-23(25)26(32)30-21-9-3-2-4-10-21/h2-12,14-15,17,24,28-29,31H,13,16H2,1H3,(H,30,32)/t17-,24+/m1/s1. The van der Waals surface area contributed by atoms with Crippen molar-refractivity contribution < 1.29 is 9.90 Å². The number of aromatic nitrogens is 1. The molecule has 4 aromatic rings. The van der Waals surface area contributed by atoms with E-state index in [9.17, 15) is 9.90 Å². The Labute approximate surface area is 192 Å². The quantitative estimate of drug-likeness (QED) is 0.295. The molecule has 0 radical (unpaired) electrons. The molecule has 0 aliphatic carbocycles. The maximum Gasteiger partial charge on any atom is 0.257 e. The molecule has 0 bridgehead atoms. The number of rotatable bonds is 8. The molecule has 0 aliphatic heterocycles. The second kappa shape index (κ2) is 10.0. The van der Waals surface area contributed by atoms with Gasteiger partial charge in [0.2, 0.25) is 0 Å². The first-order chi connectivity index (χ1) is 15.5. The second-order valence-corrected chi connectivity index (χ2v) is 8.38. The fraction of sp³-hybridized carbons (Fsp3) is 0.192. The molecule has 32 heavy (non-hydrogen) atoms. The molecule has 1 heterocycles. The number of carbonyl (C=O) groups excluding carboxylic acids is 1. The Bertz CT molecular complexity index is 1210. The maximum absolute atomic E-state index is 12.8. The molecule has 0 fully saturated rings. The van der Waals surface area contributed by atoms with Crippen molar-refractivity contribution in [2.45, 2.75) is 25.5 Å². The molecule has 5 nitrogen and oxygen atoms in total. The highest BCUT2D eigenvalue weighted by Gasteiger charge is 2.16. The van der Waals surface area contributed by atoms with Crippen molar-refractivity contribution in [1.82, 2.24) is 10.3 Å². The number of anilines is 1. The van der Waals surface area contributed by atoms with Crippen LogP contribution in [0.1, 0.15) is 34.5 Å². The predicted molar refractivity (Wildman–Crippen MR) is 130 cm³/mol. The minimum absolute atomic E-state index is 0.129. The Hall–Kier alpha value is -3.12. The minimum atomic E-state index is -0.632. The summed E-state index contributed by atoms with van der Waals surface area (Å²) in [5.41, 5.74) is 4.10. The number of hydrogen-bond donors (Lipinski definition) is 4. The Balaban J connectivity index is 1.42. The summed E-state index contributed by atoms with van der Waals surface area (Å²) in [5.74, 6) is -0.147. The van der Waals surface area contributed by atoms with Crippen LogP contribution in [0.3, 0.4) is 0 Å². The molecular weight excluding hydrogens is 422 g/mol. The van der Waals surface area contributed by atoms with E-state index in [1.54, 1.807) is 12.1 Å². The molecule has 1 amide bonds. The van der Waals surface area contributed by atoms with Crippen molar-refractivity contribution in [2.75, 3.05) is 11.9 Å². The number of aromatic amines is 1. The third-order valence-electron chi connectivity index (χ3n) is 5.50. The lowest BCUT2D eigenvalue weighted by atomic mass is 10.0. The number of fused-ring (bicyclic) bond motifs is 1. The van der Waals surface area contributed by atoms with Crippen LogP contribution in [0, 0.1) is 0 Å². The summed E-state index contributed by atoms with van der Waals surface area (Å²) < 4.78 is 0. The Kier molecular flexibility index (Phi) is 6.90. The van der Waals surface area contributed by atoms with Crippen molar-refractivity contribution in [3.05, 3.63) is 101 Å². The van der Waals surface area contributed by atoms with E-state index < -0.39 is 6.10 Å². The summed E-state index contributed by atoms with van der Waals surface area (Å²) >= 11 is 6.02. The topological polar surface area (TPSA) is 77.2 Å². The summed E-state index contributed by atoms with van der Waals surface area (Å²) in [7, 11) is 0. The first-order valence-electron chi connectivity index (χ1n) is 10.6. The van der Waals surface area contributed by atoms with E-state index in [2.05, 4.69) is 22.5 Å². The van der Waals surface area contributed by atoms with Gasteiger partial charge in [0.25, 0.3) is 5.91 Å². The van der Waals surface area contributed by atoms with Crippen molar-refractivity contribution in [1.29, 1.82) is 0 Å². The van der Waals surface area contributed by atoms with E-state index in [1.807, 2.05) is 66.9 Å². The average molecular weight is 448 g/mol. The van der Waals surface area contributed by atoms with E-state index in [1.165, 1.54) is 0 Å². The Morgan fingerprint density at radius 2 is 1.84 bits per heavy atom. The molecule has 4 N–H and O–H groups in total. The predicted octanol–water partition coefficient (Wildman–Crippen LogP) is 5.33. The maximum atomic E-state index is 12.8. The molecule has 4 rings (SSSR count). The number of carbonyl (C=O) groups is 1. The fourth-order valence-corrected chi connectivity index (χ4v) is 4.04. The number of amides is 1. The van der Waals surface area contributed by atoms with Gasteiger partial charge in [-0.25, -0.2) is 0 Å². The molecule has 3 aromatic carbocycles. The van der Waals surface area contributed by atoms with Gasteiger partial charge in [-0.1, -0.05) is 54.1 Å². The summed E-state index contributed by atoms with van der Waals surface area (Å²) in [5, 5.41) is 18.4. The lowest BCUT2D eigenvalue weighted by molar-refractivity contribution is 0.102. The van der Waals surface area contributed by atoms with Crippen LogP contribution in [0.2, 0.25) is 5.02 Å². The highest BCUT2D eigenvalue weighted by molar-refractivity contribution is 6.30. The van der Waals surface area contributed by atoms with Crippen LogP contribution in [0.25, 0.3) is 10.9 Å². The number of H-pyrrole nitrogens is 1. The molecule has 2 atom stereocenters. The summed E-state index contributed by atoms with van der Waals surface area (Å²) in [6.45, 7) is 2.50. The van der Waals surface area contributed by atoms with Crippen LogP contribution >= 0.6 is 11.6 Å². The summed E-state index contributed by atoms with van der Waals surface area (Å²) in [6.07, 6.45) is 2.08. The normalized spacial score (nSPS) is 13.1. The van der Waals surface area contributed by atoms with Crippen LogP contribution in [-0.4, -0.2) is 28.6 Å². The Morgan fingerprint density at radius 3 is 2.62 bits per heavy atom. The molecular formula is C26H26ClN3O2. The number of aliphatic hydroxyl groups excluding tert-OH is 1. The molecule has 0 saturated carbocycles. The number of nitrogens with one attached hydrogen (secondary N) is 3. The van der Waals surface area contributed by atoms with Gasteiger partial charge in [-0.15, -0.1) is 0 Å². The molecule has 164 valence electrons. The van der Waals surface area contributed by atoms with E-state index in [-0.39, 0.29) is 11.9 Å². The molecule has 0 spiro atoms. The van der Waals surface area contributed by atoms with Crippen LogP contribution in [0.4, 0.5) is 5.69 Å².